The van der Waals surface area contributed by atoms with E-state index in [0.29, 0.717) is 0 Å². The van der Waals surface area contributed by atoms with E-state index in [1.807, 2.05) is 0 Å². The van der Waals surface area contributed by atoms with Crippen molar-refractivity contribution in [2.45, 2.75) is 45.2 Å². The van der Waals surface area contributed by atoms with E-state index < -0.39 is 24.4 Å². The van der Waals surface area contributed by atoms with Crippen molar-refractivity contribution >= 4 is 0 Å². The second kappa shape index (κ2) is 5.54. The number of hydrogen-bond acceptors (Lipinski definition) is 4. The largest absolute Gasteiger partial charge is 0.391 e. The summed E-state index contributed by atoms with van der Waals surface area (Å²) >= 11 is 0. The van der Waals surface area contributed by atoms with E-state index in [9.17, 15) is 15.3 Å². The number of methoxy groups -OCH3 is 1. The summed E-state index contributed by atoms with van der Waals surface area (Å²) in [5.74, 6) is -0.0635. The Morgan fingerprint density at radius 2 is 1.38 bits per heavy atom. The standard InChI is InChI=1S/C9H20O4/c1-5(2)7(11)8(12)9(13-4)6(3)10/h5-12H,1-4H3. The monoisotopic (exact) mass is 192 g/mol. The molecule has 0 amide bonds. The topological polar surface area (TPSA) is 69.9 Å². The highest BCUT2D eigenvalue weighted by Crippen LogP contribution is 2.13. The third kappa shape index (κ3) is 3.60. The van der Waals surface area contributed by atoms with Crippen LogP contribution in [0.4, 0.5) is 0 Å². The van der Waals surface area contributed by atoms with Crippen LogP contribution in [0.5, 0.6) is 0 Å². The zero-order chi connectivity index (χ0) is 10.6. The quantitative estimate of drug-likeness (QED) is 0.562. The van der Waals surface area contributed by atoms with Gasteiger partial charge in [-0.15, -0.1) is 0 Å². The van der Waals surface area contributed by atoms with Crippen molar-refractivity contribution < 1.29 is 20.1 Å². The van der Waals surface area contributed by atoms with Crippen LogP contribution in [-0.2, 0) is 4.74 Å². The first-order chi connectivity index (χ1) is 5.91. The summed E-state index contributed by atoms with van der Waals surface area (Å²) in [5, 5.41) is 28.3. The summed E-state index contributed by atoms with van der Waals surface area (Å²) in [6.45, 7) is 5.11. The SMILES string of the molecule is COC(C(C)O)C(O)C(O)C(C)C. The second-order valence-corrected chi connectivity index (χ2v) is 3.67. The average molecular weight is 192 g/mol. The highest BCUT2D eigenvalue weighted by atomic mass is 16.5. The summed E-state index contributed by atoms with van der Waals surface area (Å²) < 4.78 is 4.88. The van der Waals surface area contributed by atoms with E-state index in [1.54, 1.807) is 13.8 Å². The minimum absolute atomic E-state index is 0.0635. The zero-order valence-electron chi connectivity index (χ0n) is 8.64. The van der Waals surface area contributed by atoms with Gasteiger partial charge in [-0.25, -0.2) is 0 Å². The molecule has 0 bridgehead atoms. The van der Waals surface area contributed by atoms with E-state index in [-0.39, 0.29) is 5.92 Å². The number of aliphatic hydroxyl groups is 3. The summed E-state index contributed by atoms with van der Waals surface area (Å²) in [6, 6.07) is 0. The fourth-order valence-corrected chi connectivity index (χ4v) is 1.21. The van der Waals surface area contributed by atoms with Crippen molar-refractivity contribution in [2.24, 2.45) is 5.92 Å². The molecule has 0 rings (SSSR count). The molecule has 0 radical (unpaired) electrons. The van der Waals surface area contributed by atoms with Gasteiger partial charge in [0.1, 0.15) is 12.2 Å². The predicted octanol–water partition coefficient (Wildman–Crippen LogP) is -0.240. The van der Waals surface area contributed by atoms with Crippen LogP contribution in [0.3, 0.4) is 0 Å². The van der Waals surface area contributed by atoms with Gasteiger partial charge in [0.2, 0.25) is 0 Å². The minimum atomic E-state index is -1.05. The highest BCUT2D eigenvalue weighted by Gasteiger charge is 2.31. The van der Waals surface area contributed by atoms with E-state index in [4.69, 9.17) is 4.74 Å². The molecule has 0 aliphatic heterocycles. The second-order valence-electron chi connectivity index (χ2n) is 3.67. The average Bonchev–Trinajstić information content (AvgIpc) is 2.03. The molecule has 13 heavy (non-hydrogen) atoms. The first-order valence-corrected chi connectivity index (χ1v) is 4.48. The van der Waals surface area contributed by atoms with Gasteiger partial charge in [0.25, 0.3) is 0 Å². The molecule has 0 spiro atoms. The van der Waals surface area contributed by atoms with Crippen LogP contribution in [0.15, 0.2) is 0 Å². The molecule has 0 aliphatic carbocycles. The number of rotatable bonds is 5. The zero-order valence-corrected chi connectivity index (χ0v) is 8.64. The summed E-state index contributed by atoms with van der Waals surface area (Å²) in [7, 11) is 1.40. The van der Waals surface area contributed by atoms with Gasteiger partial charge in [-0.2, -0.15) is 0 Å². The lowest BCUT2D eigenvalue weighted by Crippen LogP contribution is -2.46. The van der Waals surface area contributed by atoms with Crippen LogP contribution in [0, 0.1) is 5.92 Å². The van der Waals surface area contributed by atoms with E-state index >= 15 is 0 Å². The Morgan fingerprint density at radius 1 is 0.923 bits per heavy atom. The van der Waals surface area contributed by atoms with Crippen molar-refractivity contribution in [3.05, 3.63) is 0 Å². The lowest BCUT2D eigenvalue weighted by molar-refractivity contribution is -0.125. The molecule has 0 saturated heterocycles. The predicted molar refractivity (Wildman–Crippen MR) is 49.3 cm³/mol. The normalized spacial score (nSPS) is 21.2. The number of hydrogen-bond donors (Lipinski definition) is 3. The fraction of sp³-hybridized carbons (Fsp3) is 1.00. The van der Waals surface area contributed by atoms with Gasteiger partial charge in [0.15, 0.2) is 0 Å². The Labute approximate surface area is 79.2 Å². The van der Waals surface area contributed by atoms with Crippen LogP contribution in [-0.4, -0.2) is 46.8 Å². The van der Waals surface area contributed by atoms with Crippen LogP contribution in [0.25, 0.3) is 0 Å². The molecule has 0 saturated carbocycles. The molecular weight excluding hydrogens is 172 g/mol. The van der Waals surface area contributed by atoms with Gasteiger partial charge in [-0.1, -0.05) is 13.8 Å². The summed E-state index contributed by atoms with van der Waals surface area (Å²) in [5.41, 5.74) is 0. The van der Waals surface area contributed by atoms with Gasteiger partial charge in [0.05, 0.1) is 12.2 Å². The lowest BCUT2D eigenvalue weighted by Gasteiger charge is -2.29. The van der Waals surface area contributed by atoms with Crippen LogP contribution < -0.4 is 0 Å². The molecule has 0 aromatic heterocycles. The van der Waals surface area contributed by atoms with Crippen molar-refractivity contribution in [3.63, 3.8) is 0 Å². The lowest BCUT2D eigenvalue weighted by atomic mass is 9.96. The first kappa shape index (κ1) is 12.8. The van der Waals surface area contributed by atoms with E-state index in [1.165, 1.54) is 14.0 Å². The molecule has 4 atom stereocenters. The van der Waals surface area contributed by atoms with Crippen molar-refractivity contribution in [2.75, 3.05) is 7.11 Å². The molecule has 0 aromatic rings. The number of aliphatic hydroxyl groups excluding tert-OH is 3. The molecule has 3 N–H and O–H groups in total. The third-order valence-electron chi connectivity index (χ3n) is 2.12. The highest BCUT2D eigenvalue weighted by molar-refractivity contribution is 4.81. The first-order valence-electron chi connectivity index (χ1n) is 4.48. The van der Waals surface area contributed by atoms with E-state index in [2.05, 4.69) is 0 Å². The smallest absolute Gasteiger partial charge is 0.111 e. The molecule has 4 unspecified atom stereocenters. The molecule has 0 aromatic carbocycles. The van der Waals surface area contributed by atoms with Crippen LogP contribution >= 0.6 is 0 Å². The van der Waals surface area contributed by atoms with Gasteiger partial charge in [-0.05, 0) is 12.8 Å². The Hall–Kier alpha value is -0.160. The van der Waals surface area contributed by atoms with E-state index in [0.717, 1.165) is 0 Å². The maximum absolute atomic E-state index is 9.58. The molecule has 0 fully saturated rings. The molecule has 4 heteroatoms. The van der Waals surface area contributed by atoms with Gasteiger partial charge >= 0.3 is 0 Å². The Balaban J connectivity index is 4.27. The molecular formula is C9H20O4. The molecule has 0 aliphatic rings. The Bertz CT molecular complexity index is 136. The van der Waals surface area contributed by atoms with Crippen LogP contribution in [0.1, 0.15) is 20.8 Å². The van der Waals surface area contributed by atoms with Gasteiger partial charge in [-0.3, -0.25) is 0 Å². The maximum atomic E-state index is 9.58. The summed E-state index contributed by atoms with van der Waals surface area (Å²) in [4.78, 5) is 0. The van der Waals surface area contributed by atoms with Gasteiger partial charge < -0.3 is 20.1 Å². The third-order valence-corrected chi connectivity index (χ3v) is 2.12. The molecule has 4 nitrogen and oxygen atoms in total. The molecule has 80 valence electrons. The van der Waals surface area contributed by atoms with Gasteiger partial charge in [0, 0.05) is 7.11 Å². The maximum Gasteiger partial charge on any atom is 0.111 e. The minimum Gasteiger partial charge on any atom is -0.391 e. The van der Waals surface area contributed by atoms with Crippen LogP contribution in [0.2, 0.25) is 0 Å². The molecule has 0 heterocycles. The Morgan fingerprint density at radius 3 is 1.62 bits per heavy atom. The fourth-order valence-electron chi connectivity index (χ4n) is 1.21. The van der Waals surface area contributed by atoms with Crippen molar-refractivity contribution in [1.29, 1.82) is 0 Å². The van der Waals surface area contributed by atoms with Crippen molar-refractivity contribution in [1.82, 2.24) is 0 Å². The van der Waals surface area contributed by atoms with Crippen molar-refractivity contribution in [3.8, 4) is 0 Å². The summed E-state index contributed by atoms with van der Waals surface area (Å²) in [6.07, 6.45) is -3.46. The Kier molecular flexibility index (Phi) is 5.48. The number of ether oxygens (including phenoxy) is 1.